The van der Waals surface area contributed by atoms with Gasteiger partial charge < -0.3 is 15.1 Å². The van der Waals surface area contributed by atoms with E-state index < -0.39 is 0 Å². The van der Waals surface area contributed by atoms with Gasteiger partial charge in [0.1, 0.15) is 5.69 Å². The number of rotatable bonds is 6. The van der Waals surface area contributed by atoms with Crippen LogP contribution in [0.5, 0.6) is 0 Å². The third kappa shape index (κ3) is 4.16. The summed E-state index contributed by atoms with van der Waals surface area (Å²) in [5.41, 5.74) is 1.17. The van der Waals surface area contributed by atoms with E-state index in [9.17, 15) is 9.59 Å². The topological polar surface area (TPSA) is 78.4 Å². The molecule has 1 aliphatic heterocycles. The largest absolute Gasteiger partial charge is 0.351 e. The lowest BCUT2D eigenvalue weighted by Crippen LogP contribution is -2.46. The van der Waals surface area contributed by atoms with Crippen LogP contribution in [0.2, 0.25) is 0 Å². The molecular weight excluding hydrogens is 282 g/mol. The van der Waals surface area contributed by atoms with Crippen molar-refractivity contribution in [1.82, 2.24) is 20.2 Å². The molecule has 1 aromatic heterocycles. The van der Waals surface area contributed by atoms with Gasteiger partial charge in [0.15, 0.2) is 0 Å². The molecule has 2 amide bonds. The predicted octanol–water partition coefficient (Wildman–Crippen LogP) is 0.593. The molecule has 2 heterocycles. The molecule has 0 radical (unpaired) electrons. The first-order valence-corrected chi connectivity index (χ1v) is 7.72. The maximum absolute atomic E-state index is 12.1. The van der Waals surface area contributed by atoms with Gasteiger partial charge in [-0.3, -0.25) is 9.59 Å². The Hall–Kier alpha value is -2.18. The van der Waals surface area contributed by atoms with Crippen molar-refractivity contribution in [1.29, 1.82) is 0 Å². The van der Waals surface area contributed by atoms with Gasteiger partial charge in [0.05, 0.1) is 0 Å². The summed E-state index contributed by atoms with van der Waals surface area (Å²) in [5, 5.41) is 2.87. The minimum absolute atomic E-state index is 0.160. The van der Waals surface area contributed by atoms with E-state index in [1.165, 1.54) is 0 Å². The molecule has 22 heavy (non-hydrogen) atoms. The van der Waals surface area contributed by atoms with Gasteiger partial charge in [-0.15, -0.1) is 0 Å². The maximum Gasteiger partial charge on any atom is 0.270 e. The summed E-state index contributed by atoms with van der Waals surface area (Å²) in [5.74, 6) is 0.401. The van der Waals surface area contributed by atoms with Crippen LogP contribution in [0.15, 0.2) is 6.07 Å². The molecule has 7 heteroatoms. The number of hydrogen-bond donors (Lipinski definition) is 1. The highest BCUT2D eigenvalue weighted by Gasteiger charge is 2.19. The van der Waals surface area contributed by atoms with Crippen LogP contribution in [-0.2, 0) is 4.79 Å². The van der Waals surface area contributed by atoms with Crippen LogP contribution in [0.3, 0.4) is 0 Å². The molecule has 120 valence electrons. The number of aromatic nitrogens is 2. The number of nitrogens with one attached hydrogen (secondary N) is 1. The Balaban J connectivity index is 2.06. The van der Waals surface area contributed by atoms with Crippen molar-refractivity contribution in [3.8, 4) is 0 Å². The Morgan fingerprint density at radius 1 is 1.32 bits per heavy atom. The average molecular weight is 305 g/mol. The smallest absolute Gasteiger partial charge is 0.270 e. The Bertz CT molecular complexity index is 527. The zero-order valence-electron chi connectivity index (χ0n) is 13.2. The second kappa shape index (κ2) is 7.72. The Morgan fingerprint density at radius 2 is 2.05 bits per heavy atom. The quantitative estimate of drug-likeness (QED) is 0.615. The first-order valence-electron chi connectivity index (χ1n) is 7.72. The highest BCUT2D eigenvalue weighted by molar-refractivity contribution is 5.92. The second-order valence-corrected chi connectivity index (χ2v) is 5.43. The number of carbonyl (C=O) groups excluding carboxylic acids is 2. The summed E-state index contributed by atoms with van der Waals surface area (Å²) in [6.45, 7) is 7.26. The van der Waals surface area contributed by atoms with E-state index in [1.54, 1.807) is 11.0 Å². The number of aryl methyl sites for hydroxylation is 1. The average Bonchev–Trinajstić information content (AvgIpc) is 2.54. The van der Waals surface area contributed by atoms with Crippen LogP contribution >= 0.6 is 0 Å². The maximum atomic E-state index is 12.1. The zero-order chi connectivity index (χ0) is 15.9. The van der Waals surface area contributed by atoms with Gasteiger partial charge in [0.2, 0.25) is 12.4 Å². The van der Waals surface area contributed by atoms with Gasteiger partial charge in [0.25, 0.3) is 5.91 Å². The van der Waals surface area contributed by atoms with Crippen LogP contribution in [0.4, 0.5) is 5.95 Å². The first-order chi connectivity index (χ1) is 10.6. The lowest BCUT2D eigenvalue weighted by atomic mass is 10.3. The van der Waals surface area contributed by atoms with Crippen molar-refractivity contribution in [3.63, 3.8) is 0 Å². The van der Waals surface area contributed by atoms with Crippen LogP contribution in [-0.4, -0.2) is 59.9 Å². The number of nitrogens with zero attached hydrogens (tertiary/aromatic N) is 4. The molecule has 0 atom stereocenters. The van der Waals surface area contributed by atoms with E-state index in [1.807, 2.05) is 11.8 Å². The van der Waals surface area contributed by atoms with E-state index in [2.05, 4.69) is 22.2 Å². The van der Waals surface area contributed by atoms with E-state index in [0.29, 0.717) is 44.4 Å². The van der Waals surface area contributed by atoms with E-state index in [4.69, 9.17) is 0 Å². The van der Waals surface area contributed by atoms with Crippen molar-refractivity contribution in [3.05, 3.63) is 17.5 Å². The number of hydrogen-bond acceptors (Lipinski definition) is 5. The van der Waals surface area contributed by atoms with Crippen LogP contribution in [0.25, 0.3) is 0 Å². The highest BCUT2D eigenvalue weighted by atomic mass is 16.2. The van der Waals surface area contributed by atoms with Gasteiger partial charge in [-0.1, -0.05) is 13.3 Å². The minimum atomic E-state index is -0.160. The molecule has 0 saturated carbocycles. The SMILES string of the molecule is CCCCNC(=O)c1cc(C)nc(N2CCN(C=O)CC2)n1. The summed E-state index contributed by atoms with van der Waals surface area (Å²) in [6.07, 6.45) is 2.85. The molecule has 0 aromatic carbocycles. The van der Waals surface area contributed by atoms with Gasteiger partial charge in [0, 0.05) is 38.4 Å². The van der Waals surface area contributed by atoms with Gasteiger partial charge >= 0.3 is 0 Å². The number of piperazine rings is 1. The fourth-order valence-corrected chi connectivity index (χ4v) is 2.31. The Morgan fingerprint density at radius 3 is 2.68 bits per heavy atom. The number of unbranched alkanes of at least 4 members (excludes halogenated alkanes) is 1. The standard InChI is InChI=1S/C15H23N5O2/c1-3-4-5-16-14(22)13-10-12(2)17-15(18-13)20-8-6-19(11-21)7-9-20/h10-11H,3-9H2,1-2H3,(H,16,22). The minimum Gasteiger partial charge on any atom is -0.351 e. The lowest BCUT2D eigenvalue weighted by molar-refractivity contribution is -0.118. The molecule has 1 aromatic rings. The van der Waals surface area contributed by atoms with Crippen molar-refractivity contribution >= 4 is 18.3 Å². The summed E-state index contributed by atoms with van der Waals surface area (Å²) >= 11 is 0. The second-order valence-electron chi connectivity index (χ2n) is 5.43. The third-order valence-electron chi connectivity index (χ3n) is 3.64. The van der Waals surface area contributed by atoms with E-state index in [-0.39, 0.29) is 5.91 Å². The molecule has 1 saturated heterocycles. The number of carbonyl (C=O) groups is 2. The molecule has 0 aliphatic carbocycles. The molecule has 7 nitrogen and oxygen atoms in total. The summed E-state index contributed by atoms with van der Waals surface area (Å²) in [4.78, 5) is 35.4. The molecule has 1 N–H and O–H groups in total. The van der Waals surface area contributed by atoms with Crippen molar-refractivity contribution < 1.29 is 9.59 Å². The number of amides is 2. The van der Waals surface area contributed by atoms with Gasteiger partial charge in [-0.2, -0.15) is 0 Å². The predicted molar refractivity (Wildman–Crippen MR) is 83.9 cm³/mol. The lowest BCUT2D eigenvalue weighted by Gasteiger charge is -2.32. The fourth-order valence-electron chi connectivity index (χ4n) is 2.31. The molecule has 0 unspecified atom stereocenters. The van der Waals surface area contributed by atoms with Crippen LogP contribution in [0.1, 0.15) is 35.9 Å². The first kappa shape index (κ1) is 16.2. The Kier molecular flexibility index (Phi) is 5.68. The fraction of sp³-hybridized carbons (Fsp3) is 0.600. The zero-order valence-corrected chi connectivity index (χ0v) is 13.2. The summed E-state index contributed by atoms with van der Waals surface area (Å²) < 4.78 is 0. The third-order valence-corrected chi connectivity index (χ3v) is 3.64. The van der Waals surface area contributed by atoms with Crippen molar-refractivity contribution in [2.24, 2.45) is 0 Å². The van der Waals surface area contributed by atoms with Crippen molar-refractivity contribution in [2.45, 2.75) is 26.7 Å². The Labute approximate surface area is 130 Å². The van der Waals surface area contributed by atoms with Gasteiger partial charge in [-0.25, -0.2) is 9.97 Å². The van der Waals surface area contributed by atoms with E-state index >= 15 is 0 Å². The monoisotopic (exact) mass is 305 g/mol. The highest BCUT2D eigenvalue weighted by Crippen LogP contribution is 2.13. The summed E-state index contributed by atoms with van der Waals surface area (Å²) in [7, 11) is 0. The summed E-state index contributed by atoms with van der Waals surface area (Å²) in [6, 6.07) is 1.70. The molecule has 0 spiro atoms. The van der Waals surface area contributed by atoms with Gasteiger partial charge in [-0.05, 0) is 19.4 Å². The van der Waals surface area contributed by atoms with Crippen LogP contribution in [0, 0.1) is 6.92 Å². The molecule has 1 fully saturated rings. The molecule has 0 bridgehead atoms. The number of anilines is 1. The molecule has 2 rings (SSSR count). The molecular formula is C15H23N5O2. The molecule has 1 aliphatic rings. The normalized spacial score (nSPS) is 14.8. The van der Waals surface area contributed by atoms with Crippen molar-refractivity contribution in [2.75, 3.05) is 37.6 Å². The van der Waals surface area contributed by atoms with Crippen LogP contribution < -0.4 is 10.2 Å². The van der Waals surface area contributed by atoms with E-state index in [0.717, 1.165) is 24.9 Å².